The number of amides is 1. The molecule has 4 rings (SSSR count). The van der Waals surface area contributed by atoms with Gasteiger partial charge in [0.15, 0.2) is 0 Å². The lowest BCUT2D eigenvalue weighted by molar-refractivity contribution is -0.114. The zero-order chi connectivity index (χ0) is 44.1. The van der Waals surface area contributed by atoms with E-state index in [1.54, 1.807) is 24.3 Å². The number of rotatable bonds is 39. The predicted octanol–water partition coefficient (Wildman–Crippen LogP) is 6.20. The monoisotopic (exact) mass is 877 g/mol. The first-order valence-corrected chi connectivity index (χ1v) is 21.8. The average molecular weight is 878 g/mol. The molecule has 0 unspecified atom stereocenters. The highest BCUT2D eigenvalue weighted by atomic mass is 16.6. The molecule has 1 N–H and O–H groups in total. The Morgan fingerprint density at radius 1 is 0.365 bits per heavy atom. The first-order valence-electron chi connectivity index (χ1n) is 21.8. The second-order valence-corrected chi connectivity index (χ2v) is 13.8. The molecular weight excluding hydrogens is 811 g/mol. The standard InChI is InChI=1S/C49H67NO13/c1-43(51)50-47-17-19-48(20-18-47)62-41-39-60-37-35-58-33-31-56-29-27-54-25-23-52-21-22-53-24-26-55-28-30-57-32-34-59-36-38-61-40-42-63-49(44-11-5-2-6-12-44,45-13-7-3-8-14-45)46-15-9-4-10-16-46/h2-20H,21-42H2,1H3,(H,50,51). The number of carbonyl (C=O) groups excluding carboxylic acids is 1. The minimum absolute atomic E-state index is 0.110. The molecule has 0 aromatic heterocycles. The van der Waals surface area contributed by atoms with Crippen molar-refractivity contribution in [2.75, 3.05) is 151 Å². The fraction of sp³-hybridized carbons (Fsp3) is 0.490. The van der Waals surface area contributed by atoms with Gasteiger partial charge in [-0.05, 0) is 41.0 Å². The molecule has 4 aromatic rings. The topological polar surface area (TPSA) is 140 Å². The van der Waals surface area contributed by atoms with Crippen molar-refractivity contribution in [2.24, 2.45) is 0 Å². The zero-order valence-electron chi connectivity index (χ0n) is 36.8. The summed E-state index contributed by atoms with van der Waals surface area (Å²) < 4.78 is 68.2. The van der Waals surface area contributed by atoms with Gasteiger partial charge in [0.25, 0.3) is 0 Å². The minimum Gasteiger partial charge on any atom is -0.491 e. The van der Waals surface area contributed by atoms with Crippen LogP contribution >= 0.6 is 0 Å². The van der Waals surface area contributed by atoms with Crippen molar-refractivity contribution in [3.63, 3.8) is 0 Å². The van der Waals surface area contributed by atoms with E-state index in [0.717, 1.165) is 22.4 Å². The molecule has 0 radical (unpaired) electrons. The molecule has 14 nitrogen and oxygen atoms in total. The van der Waals surface area contributed by atoms with E-state index in [1.807, 2.05) is 54.6 Å². The summed E-state index contributed by atoms with van der Waals surface area (Å²) in [6.45, 7) is 11.9. The Morgan fingerprint density at radius 3 is 0.921 bits per heavy atom. The molecule has 1 amide bonds. The van der Waals surface area contributed by atoms with Gasteiger partial charge in [-0.25, -0.2) is 0 Å². The molecule has 0 bridgehead atoms. The SMILES string of the molecule is CC(=O)Nc1ccc(OCCOCCOCCOCCOCCOCCOCCOCCOCCOCCOCCOC(c2ccccc2)(c2ccccc2)c2ccccc2)cc1. The van der Waals surface area contributed by atoms with Crippen molar-refractivity contribution < 1.29 is 61.6 Å². The summed E-state index contributed by atoms with van der Waals surface area (Å²) >= 11 is 0. The predicted molar refractivity (Wildman–Crippen MR) is 240 cm³/mol. The molecule has 0 atom stereocenters. The first-order chi connectivity index (χ1) is 31.2. The lowest BCUT2D eigenvalue weighted by Gasteiger charge is -2.36. The molecular formula is C49H67NO13. The van der Waals surface area contributed by atoms with Crippen LogP contribution in [0.5, 0.6) is 5.75 Å². The van der Waals surface area contributed by atoms with Crippen molar-refractivity contribution >= 4 is 11.6 Å². The maximum Gasteiger partial charge on any atom is 0.221 e. The largest absolute Gasteiger partial charge is 0.491 e. The van der Waals surface area contributed by atoms with Crippen LogP contribution in [0.3, 0.4) is 0 Å². The molecule has 0 aliphatic rings. The zero-order valence-corrected chi connectivity index (χ0v) is 36.8. The van der Waals surface area contributed by atoms with Gasteiger partial charge in [-0.2, -0.15) is 0 Å². The van der Waals surface area contributed by atoms with E-state index in [0.29, 0.717) is 151 Å². The van der Waals surface area contributed by atoms with Crippen LogP contribution in [0.2, 0.25) is 0 Å². The number of benzene rings is 4. The third-order valence-corrected chi connectivity index (χ3v) is 9.11. The van der Waals surface area contributed by atoms with E-state index in [9.17, 15) is 4.79 Å². The van der Waals surface area contributed by atoms with Gasteiger partial charge in [0.05, 0.1) is 139 Å². The van der Waals surface area contributed by atoms with Crippen LogP contribution < -0.4 is 10.1 Å². The van der Waals surface area contributed by atoms with E-state index >= 15 is 0 Å². The molecule has 14 heteroatoms. The molecule has 0 saturated carbocycles. The van der Waals surface area contributed by atoms with Gasteiger partial charge in [-0.3, -0.25) is 4.79 Å². The molecule has 63 heavy (non-hydrogen) atoms. The Labute approximate surface area is 373 Å². The maximum atomic E-state index is 11.1. The van der Waals surface area contributed by atoms with Gasteiger partial charge in [0, 0.05) is 12.6 Å². The minimum atomic E-state index is -0.758. The molecule has 346 valence electrons. The van der Waals surface area contributed by atoms with Gasteiger partial charge < -0.3 is 62.2 Å². The molecule has 4 aromatic carbocycles. The van der Waals surface area contributed by atoms with Crippen molar-refractivity contribution in [1.29, 1.82) is 0 Å². The number of hydrogen-bond acceptors (Lipinski definition) is 13. The lowest BCUT2D eigenvalue weighted by atomic mass is 9.80. The summed E-state index contributed by atoms with van der Waals surface area (Å²) in [5, 5.41) is 2.71. The van der Waals surface area contributed by atoms with Crippen LogP contribution in [0.4, 0.5) is 5.69 Å². The summed E-state index contributed by atoms with van der Waals surface area (Å²) in [4.78, 5) is 11.1. The molecule has 0 saturated heterocycles. The summed E-state index contributed by atoms with van der Waals surface area (Å²) in [7, 11) is 0. The van der Waals surface area contributed by atoms with E-state index in [4.69, 9.17) is 56.8 Å². The second kappa shape index (κ2) is 34.2. The van der Waals surface area contributed by atoms with E-state index in [2.05, 4.69) is 41.7 Å². The number of ether oxygens (including phenoxy) is 12. The highest BCUT2D eigenvalue weighted by Gasteiger charge is 2.37. The second-order valence-electron chi connectivity index (χ2n) is 13.8. The van der Waals surface area contributed by atoms with Crippen molar-refractivity contribution in [2.45, 2.75) is 12.5 Å². The van der Waals surface area contributed by atoms with E-state index in [-0.39, 0.29) is 5.91 Å². The fourth-order valence-corrected chi connectivity index (χ4v) is 6.16. The molecule has 0 fully saturated rings. The molecule has 0 heterocycles. The van der Waals surface area contributed by atoms with Gasteiger partial charge in [0.1, 0.15) is 18.0 Å². The maximum absolute atomic E-state index is 11.1. The fourth-order valence-electron chi connectivity index (χ4n) is 6.16. The summed E-state index contributed by atoms with van der Waals surface area (Å²) in [5.74, 6) is 0.604. The van der Waals surface area contributed by atoms with Crippen molar-refractivity contribution in [1.82, 2.24) is 0 Å². The Balaban J connectivity index is 0.836. The number of carbonyl (C=O) groups is 1. The average Bonchev–Trinajstić information content (AvgIpc) is 3.31. The van der Waals surface area contributed by atoms with Crippen LogP contribution in [0, 0.1) is 0 Å². The van der Waals surface area contributed by atoms with Crippen molar-refractivity contribution in [3.05, 3.63) is 132 Å². The van der Waals surface area contributed by atoms with Crippen LogP contribution in [0.25, 0.3) is 0 Å². The number of nitrogens with one attached hydrogen (secondary N) is 1. The van der Waals surface area contributed by atoms with Gasteiger partial charge in [0.2, 0.25) is 5.91 Å². The Morgan fingerprint density at radius 2 is 0.635 bits per heavy atom. The number of anilines is 1. The van der Waals surface area contributed by atoms with Crippen LogP contribution in [0.15, 0.2) is 115 Å². The van der Waals surface area contributed by atoms with Gasteiger partial charge in [-0.1, -0.05) is 91.0 Å². The first kappa shape index (κ1) is 51.3. The molecule has 0 aliphatic heterocycles. The third-order valence-electron chi connectivity index (χ3n) is 9.11. The van der Waals surface area contributed by atoms with Crippen LogP contribution in [-0.2, 0) is 62.5 Å². The summed E-state index contributed by atoms with van der Waals surface area (Å²) in [6, 6.07) is 38.1. The van der Waals surface area contributed by atoms with E-state index < -0.39 is 5.60 Å². The quantitative estimate of drug-likeness (QED) is 0.0403. The summed E-state index contributed by atoms with van der Waals surface area (Å²) in [5.41, 5.74) is 3.16. The van der Waals surface area contributed by atoms with Gasteiger partial charge >= 0.3 is 0 Å². The highest BCUT2D eigenvalue weighted by molar-refractivity contribution is 5.88. The molecule has 0 spiro atoms. The Hall–Kier alpha value is -4.29. The van der Waals surface area contributed by atoms with Crippen molar-refractivity contribution in [3.8, 4) is 5.75 Å². The van der Waals surface area contributed by atoms with Crippen LogP contribution in [-0.4, -0.2) is 151 Å². The Bertz CT molecular complexity index is 1570. The summed E-state index contributed by atoms with van der Waals surface area (Å²) in [6.07, 6.45) is 0. The highest BCUT2D eigenvalue weighted by Crippen LogP contribution is 2.40. The molecule has 0 aliphatic carbocycles. The normalized spacial score (nSPS) is 11.5. The van der Waals surface area contributed by atoms with Crippen LogP contribution in [0.1, 0.15) is 23.6 Å². The smallest absolute Gasteiger partial charge is 0.221 e. The lowest BCUT2D eigenvalue weighted by Crippen LogP contribution is -2.34. The third kappa shape index (κ3) is 22.3. The number of hydrogen-bond donors (Lipinski definition) is 1. The van der Waals surface area contributed by atoms with Gasteiger partial charge in [-0.15, -0.1) is 0 Å². The van der Waals surface area contributed by atoms with E-state index in [1.165, 1.54) is 6.92 Å². The Kier molecular flexibility index (Phi) is 27.8.